The summed E-state index contributed by atoms with van der Waals surface area (Å²) in [5, 5.41) is 203. The lowest BCUT2D eigenvalue weighted by atomic mass is 9.87. The Labute approximate surface area is 536 Å². The number of esters is 3. The first kappa shape index (κ1) is 71.1. The number of aliphatic carboxylic acids is 2. The van der Waals surface area contributed by atoms with E-state index in [-0.39, 0.29) is 11.1 Å². The number of carboxylic acid groups (broad SMARTS) is 2. The minimum Gasteiger partial charge on any atom is -0.504 e. The summed E-state index contributed by atoms with van der Waals surface area (Å²) in [4.78, 5) is 85.8. The second kappa shape index (κ2) is 29.9. The quantitative estimate of drug-likeness (QED) is 0.00490. The number of phenolic OH excluding ortho intramolecular Hbond substituents is 6. The van der Waals surface area contributed by atoms with E-state index in [0.717, 1.165) is 72.8 Å². The molecular formula is C60H63O36+. The number of aliphatic hydroxyl groups is 11. The number of phenols is 6. The molecule has 20 N–H and O–H groups in total. The largest absolute Gasteiger partial charge is 0.510 e. The van der Waals surface area contributed by atoms with Crippen molar-refractivity contribution in [1.29, 1.82) is 0 Å². The van der Waals surface area contributed by atoms with Gasteiger partial charge in [0, 0.05) is 34.9 Å². The zero-order valence-electron chi connectivity index (χ0n) is 49.0. The van der Waals surface area contributed by atoms with E-state index in [1.165, 1.54) is 18.2 Å². The van der Waals surface area contributed by atoms with Crippen LogP contribution in [0.15, 0.2) is 88.1 Å². The van der Waals surface area contributed by atoms with Crippen LogP contribution < -0.4 is 10.2 Å². The Bertz CT molecular complexity index is 3750. The summed E-state index contributed by atoms with van der Waals surface area (Å²) in [5.74, 6) is -13.3. The van der Waals surface area contributed by atoms with Crippen LogP contribution in [-0.2, 0) is 62.1 Å². The Morgan fingerprint density at radius 3 is 1.77 bits per heavy atom. The van der Waals surface area contributed by atoms with Crippen LogP contribution in [0.4, 0.5) is 0 Å². The molecule has 3 aromatic carbocycles. The topological polar surface area (TPSA) is 597 Å². The van der Waals surface area contributed by atoms with Crippen LogP contribution in [0.1, 0.15) is 40.9 Å². The summed E-state index contributed by atoms with van der Waals surface area (Å²) in [7, 11) is 0. The van der Waals surface area contributed by atoms with Gasteiger partial charge in [0.05, 0.1) is 18.2 Å². The van der Waals surface area contributed by atoms with Crippen molar-refractivity contribution in [3.05, 3.63) is 111 Å². The number of aliphatic hydroxyl groups excluding tert-OH is 11. The molecule has 0 saturated carbocycles. The lowest BCUT2D eigenvalue weighted by molar-refractivity contribution is -0.460. The fourth-order valence-electron chi connectivity index (χ4n) is 10.5. The van der Waals surface area contributed by atoms with E-state index in [0.29, 0.717) is 0 Å². The van der Waals surface area contributed by atoms with E-state index in [9.17, 15) is 126 Å². The van der Waals surface area contributed by atoms with Gasteiger partial charge in [0.15, 0.2) is 64.3 Å². The first-order valence-electron chi connectivity index (χ1n) is 28.5. The minimum absolute atomic E-state index is 0.125. The lowest BCUT2D eigenvalue weighted by Gasteiger charge is -2.44. The molecule has 0 unspecified atom stereocenters. The Hall–Kier alpha value is -9.16. The molecule has 0 spiro atoms. The Morgan fingerprint density at radius 1 is 0.542 bits per heavy atom. The van der Waals surface area contributed by atoms with E-state index in [1.807, 2.05) is 0 Å². The summed E-state index contributed by atoms with van der Waals surface area (Å²) in [6.45, 7) is -2.91. The van der Waals surface area contributed by atoms with E-state index >= 15 is 0 Å². The number of hydrogen-bond acceptors (Lipinski definition) is 33. The van der Waals surface area contributed by atoms with Gasteiger partial charge in [0.1, 0.15) is 116 Å². The molecule has 0 aromatic heterocycles. The van der Waals surface area contributed by atoms with Gasteiger partial charge >= 0.3 is 29.8 Å². The number of aromatic hydroxyl groups is 6. The van der Waals surface area contributed by atoms with Crippen LogP contribution >= 0.6 is 0 Å². The second-order valence-corrected chi connectivity index (χ2v) is 22.1. The third kappa shape index (κ3) is 15.5. The number of benzene rings is 4. The number of rotatable bonds is 21. The molecular weight excluding hydrogens is 1300 g/mol. The first-order chi connectivity index (χ1) is 45.4. The molecule has 5 aliphatic heterocycles. The highest BCUT2D eigenvalue weighted by atomic mass is 17.2. The molecule has 36 heteroatoms. The summed E-state index contributed by atoms with van der Waals surface area (Å²) < 4.78 is 50.9. The Kier molecular flexibility index (Phi) is 22.1. The van der Waals surface area contributed by atoms with Crippen LogP contribution in [0, 0.1) is 0 Å². The van der Waals surface area contributed by atoms with Gasteiger partial charge in [0.2, 0.25) is 19.2 Å². The predicted molar refractivity (Wildman–Crippen MR) is 308 cm³/mol. The van der Waals surface area contributed by atoms with Crippen molar-refractivity contribution in [2.24, 2.45) is 0 Å². The average Bonchev–Trinajstić information content (AvgIpc) is 0.748. The van der Waals surface area contributed by atoms with Crippen LogP contribution in [0.25, 0.3) is 34.8 Å². The zero-order chi connectivity index (χ0) is 69.9. The molecule has 36 nitrogen and oxygen atoms in total. The molecule has 4 saturated heterocycles. The van der Waals surface area contributed by atoms with Gasteiger partial charge in [-0.05, 0) is 65.7 Å². The molecule has 9 rings (SSSR count). The van der Waals surface area contributed by atoms with Gasteiger partial charge in [-0.15, -0.1) is 0 Å². The number of carbonyl (C=O) groups excluding carboxylic acids is 3. The van der Waals surface area contributed by atoms with Gasteiger partial charge in [-0.2, -0.15) is 4.89 Å². The second-order valence-electron chi connectivity index (χ2n) is 22.1. The summed E-state index contributed by atoms with van der Waals surface area (Å²) in [5.41, 5.74) is -3.12. The zero-order valence-corrected chi connectivity index (χ0v) is 49.0. The number of ether oxygens (including phenoxy) is 8. The first-order valence-corrected chi connectivity index (χ1v) is 28.5. The van der Waals surface area contributed by atoms with E-state index in [2.05, 4.69) is 0 Å². The molecule has 96 heavy (non-hydrogen) atoms. The third-order valence-electron chi connectivity index (χ3n) is 15.6. The molecule has 6 aliphatic rings. The number of carbonyl (C=O) groups is 4. The lowest BCUT2D eigenvalue weighted by Crippen LogP contribution is -2.61. The minimum atomic E-state index is -2.43. The van der Waals surface area contributed by atoms with Crippen LogP contribution in [0.5, 0.6) is 40.2 Å². The standard InChI is InChI=1S/C60H62O36/c61-17-34-42(74)48(80)57(93-39(71)8-4-21-2-6-28(63)31(66)10-21)60(91-34)96-95-55-47(79)44(76)35(18-87-40(72)16-37(68)69)90-54(55)26-15-24-29(64)13-23(88-59-51(83)45(77)43(75)36(92-59)19-86-38(70)7-3-20-1-5-27(62)30(65)9-20)14-33(24)89-52(26)22-11-25(41(73)32(67)12-22)53-49(81)46(78)50(82)56(94-53)58(84)85/h1-15,34-36,42-51,53-57,59-63,65-67,73-83H,16-19H2,(H,68,69)(H,84,85)/p+1/t34-,35-,36-,42-,43-,44+,45+,46-,47+,48+,49-,50+,51-,53+,54+,55-,56+,57-,59-,60+/m1/s1. The van der Waals surface area contributed by atoms with Gasteiger partial charge in [0.25, 0.3) is 0 Å². The van der Waals surface area contributed by atoms with Crippen molar-refractivity contribution >= 4 is 42.0 Å². The number of carboxylic acids is 2. The molecule has 20 atom stereocenters. The highest BCUT2D eigenvalue weighted by molar-refractivity contribution is 5.90. The summed E-state index contributed by atoms with van der Waals surface area (Å²) >= 11 is 0. The summed E-state index contributed by atoms with van der Waals surface area (Å²) in [6.07, 6.45) is -40.0. The molecule has 518 valence electrons. The van der Waals surface area contributed by atoms with Gasteiger partial charge in [-0.25, -0.2) is 14.5 Å². The van der Waals surface area contributed by atoms with Gasteiger partial charge < -0.3 is 144 Å². The van der Waals surface area contributed by atoms with Crippen LogP contribution in [0.2, 0.25) is 0 Å². The van der Waals surface area contributed by atoms with Crippen molar-refractivity contribution < 1.29 is 173 Å². The molecule has 4 fully saturated rings. The van der Waals surface area contributed by atoms with Crippen LogP contribution in [0.3, 0.4) is 0 Å². The monoisotopic (exact) mass is 1360 g/mol. The smallest absolute Gasteiger partial charge is 0.504 e. The van der Waals surface area contributed by atoms with Crippen molar-refractivity contribution in [2.45, 2.75) is 129 Å². The maximum atomic E-state index is 14.5. The van der Waals surface area contributed by atoms with Gasteiger partial charge in [-0.1, -0.05) is 12.1 Å². The summed E-state index contributed by atoms with van der Waals surface area (Å²) in [6, 6.07) is 11.3. The molecule has 0 bridgehead atoms. The maximum absolute atomic E-state index is 14.5. The Balaban J connectivity index is 1.13. The van der Waals surface area contributed by atoms with E-state index < -0.39 is 258 Å². The Morgan fingerprint density at radius 2 is 1.14 bits per heavy atom. The van der Waals surface area contributed by atoms with Crippen molar-refractivity contribution in [1.82, 2.24) is 0 Å². The molecule has 3 aromatic rings. The van der Waals surface area contributed by atoms with Crippen LogP contribution in [-0.4, -0.2) is 262 Å². The predicted octanol–water partition coefficient (Wildman–Crippen LogP) is -3.77. The van der Waals surface area contributed by atoms with E-state index in [1.54, 1.807) is 0 Å². The maximum Gasteiger partial charge on any atom is 0.510 e. The van der Waals surface area contributed by atoms with Gasteiger partial charge in [-0.3, -0.25) is 14.4 Å². The molecule has 0 radical (unpaired) electrons. The number of fused-ring (bicyclic) bond motifs is 1. The SMILES string of the molecule is O=C(O)CC(=O)OC[C@H]1O[C@@H](c2cc3c(=O)cc(O[C@@H]4O[C@H](COC(=[OH+])C=Cc5ccc(O)c(O)c5)[C@@H](O)[C@H](O)[C@H]4O)cc-3oc2-c2cc(O)c(O)c([C@@H]3O[C@H](C(=O)O)[C@@H](O)[C@H](O)[C@H]3O)c2)[C@H](OO[C@@H]2O[C@H](CO)[C@@H](O)[C@H](O)[C@H]2OC(=O)C=Cc2ccc(O)c(O)c2)[C@@H](O)[C@H]1O. The fourth-order valence-corrected chi connectivity index (χ4v) is 10.5. The molecule has 0 amide bonds. The fraction of sp³-hybridized carbons (Fsp3) is 0.400. The molecule has 5 heterocycles. The average molecular weight is 1360 g/mol. The highest BCUT2D eigenvalue weighted by Gasteiger charge is 2.54. The highest BCUT2D eigenvalue weighted by Crippen LogP contribution is 2.48. The van der Waals surface area contributed by atoms with Crippen molar-refractivity contribution in [3.63, 3.8) is 0 Å². The van der Waals surface area contributed by atoms with Crippen molar-refractivity contribution in [3.8, 4) is 62.9 Å². The van der Waals surface area contributed by atoms with E-state index in [4.69, 9.17) is 52.1 Å². The van der Waals surface area contributed by atoms with Crippen molar-refractivity contribution in [2.75, 3.05) is 19.8 Å². The number of hydrogen-bond donors (Lipinski definition) is 19. The third-order valence-corrected chi connectivity index (χ3v) is 15.6. The molecule has 1 aliphatic carbocycles. The normalized spacial score (nSPS) is 30.8.